The van der Waals surface area contributed by atoms with Gasteiger partial charge in [-0.3, -0.25) is 4.98 Å². The van der Waals surface area contributed by atoms with Crippen LogP contribution in [0.3, 0.4) is 0 Å². The van der Waals surface area contributed by atoms with Crippen molar-refractivity contribution < 1.29 is 19.0 Å². The van der Waals surface area contributed by atoms with Crippen LogP contribution in [0, 0.1) is 24.1 Å². The minimum Gasteiger partial charge on any atom is -0.465 e. The zero-order valence-corrected chi connectivity index (χ0v) is 17.6. The van der Waals surface area contributed by atoms with E-state index in [1.807, 2.05) is 19.2 Å². The molecule has 4 N–H and O–H groups in total. The highest BCUT2D eigenvalue weighted by molar-refractivity contribution is 5.67. The quantitative estimate of drug-likeness (QED) is 0.442. The molecule has 170 valence electrons. The molecule has 0 radical (unpaired) electrons. The fourth-order valence-electron chi connectivity index (χ4n) is 3.47. The molecule has 2 atom stereocenters. The molecule has 4 rings (SSSR count). The van der Waals surface area contributed by atoms with E-state index < -0.39 is 24.0 Å². The van der Waals surface area contributed by atoms with E-state index in [0.29, 0.717) is 24.4 Å². The fourth-order valence-corrected chi connectivity index (χ4v) is 3.47. The van der Waals surface area contributed by atoms with Gasteiger partial charge in [-0.25, -0.2) is 18.9 Å². The van der Waals surface area contributed by atoms with Gasteiger partial charge in [0, 0.05) is 12.8 Å². The third-order valence-electron chi connectivity index (χ3n) is 5.05. The van der Waals surface area contributed by atoms with E-state index in [1.165, 1.54) is 0 Å². The molecular weight excluding hydrogens is 431 g/mol. The number of hydrogen-bond donors (Lipinski definition) is 4. The summed E-state index contributed by atoms with van der Waals surface area (Å²) in [5.41, 5.74) is 2.21. The second kappa shape index (κ2) is 9.49. The summed E-state index contributed by atoms with van der Waals surface area (Å²) in [6, 6.07) is 3.75. The van der Waals surface area contributed by atoms with Crippen LogP contribution in [0.15, 0.2) is 36.9 Å². The number of carboxylic acid groups (broad SMARTS) is 1. The van der Waals surface area contributed by atoms with Crippen LogP contribution in [0.5, 0.6) is 0 Å². The Kier molecular flexibility index (Phi) is 6.32. The van der Waals surface area contributed by atoms with Crippen molar-refractivity contribution in [3.8, 4) is 11.8 Å². The van der Waals surface area contributed by atoms with Gasteiger partial charge in [-0.1, -0.05) is 0 Å². The molecule has 4 heterocycles. The van der Waals surface area contributed by atoms with Gasteiger partial charge >= 0.3 is 6.09 Å². The summed E-state index contributed by atoms with van der Waals surface area (Å²) < 4.78 is 21.7. The first-order chi connectivity index (χ1) is 15.9. The Morgan fingerprint density at radius 3 is 2.88 bits per heavy atom. The minimum absolute atomic E-state index is 0.00516. The van der Waals surface area contributed by atoms with E-state index in [0.717, 1.165) is 11.6 Å². The molecular formula is C21H21FN8O3. The van der Waals surface area contributed by atoms with Crippen molar-refractivity contribution >= 4 is 23.4 Å². The van der Waals surface area contributed by atoms with E-state index in [-0.39, 0.29) is 23.8 Å². The van der Waals surface area contributed by atoms with Gasteiger partial charge in [0.2, 0.25) is 0 Å². The predicted molar refractivity (Wildman–Crippen MR) is 116 cm³/mol. The molecule has 1 amide bonds. The van der Waals surface area contributed by atoms with Crippen LogP contribution in [-0.2, 0) is 4.74 Å². The van der Waals surface area contributed by atoms with E-state index >= 15 is 0 Å². The maximum absolute atomic E-state index is 14.7. The average Bonchev–Trinajstić information content (AvgIpc) is 3.23. The molecule has 0 aromatic carbocycles. The summed E-state index contributed by atoms with van der Waals surface area (Å²) in [7, 11) is 0. The molecule has 1 aliphatic heterocycles. The van der Waals surface area contributed by atoms with Crippen LogP contribution in [0.2, 0.25) is 0 Å². The summed E-state index contributed by atoms with van der Waals surface area (Å²) in [4.78, 5) is 19.5. The van der Waals surface area contributed by atoms with Gasteiger partial charge in [-0.15, -0.1) is 0 Å². The molecule has 3 aromatic rings. The number of aryl methyl sites for hydroxylation is 1. The van der Waals surface area contributed by atoms with E-state index in [2.05, 4.69) is 31.0 Å². The number of halogens is 1. The van der Waals surface area contributed by atoms with Crippen molar-refractivity contribution in [1.29, 1.82) is 5.26 Å². The standard InChI is InChI=1S/C21H21FN8O3/c1-12-7-25-30(10-12)15-5-14(8-24-9-15)26-19-13(6-23)4-16(22)20(29-19)27-17-2-3-33-11-18(17)28-21(31)32/h4-5,7-10,17-18,28H,2-3,11H2,1H3,(H,31,32)(H2,26,27,29)/t17-,18+/m1/s1. The van der Waals surface area contributed by atoms with Gasteiger partial charge in [0.25, 0.3) is 0 Å². The predicted octanol–water partition coefficient (Wildman–Crippen LogP) is 2.56. The van der Waals surface area contributed by atoms with Crippen LogP contribution < -0.4 is 16.0 Å². The van der Waals surface area contributed by atoms with Crippen LogP contribution in [-0.4, -0.2) is 56.2 Å². The SMILES string of the molecule is Cc1cnn(-c2cncc(Nc3nc(N[C@@H]4CCOC[C@@H]4NC(=O)O)c(F)cc3C#N)c2)c1. The number of hydrogen-bond acceptors (Lipinski definition) is 8. The minimum atomic E-state index is -1.20. The number of pyridine rings is 2. The Hall–Kier alpha value is -4.24. The molecule has 0 saturated carbocycles. The lowest BCUT2D eigenvalue weighted by molar-refractivity contribution is 0.0625. The van der Waals surface area contributed by atoms with Crippen LogP contribution in [0.25, 0.3) is 5.69 Å². The lowest BCUT2D eigenvalue weighted by atomic mass is 10.0. The normalized spacial score (nSPS) is 17.7. The average molecular weight is 452 g/mol. The van der Waals surface area contributed by atoms with Crippen molar-refractivity contribution in [1.82, 2.24) is 25.1 Å². The number of carbonyl (C=O) groups is 1. The highest BCUT2D eigenvalue weighted by Crippen LogP contribution is 2.25. The van der Waals surface area contributed by atoms with Crippen LogP contribution >= 0.6 is 0 Å². The van der Waals surface area contributed by atoms with Crippen molar-refractivity contribution in [2.24, 2.45) is 0 Å². The third kappa shape index (κ3) is 5.16. The molecule has 0 unspecified atom stereocenters. The molecule has 1 saturated heterocycles. The molecule has 11 nitrogen and oxygen atoms in total. The van der Waals surface area contributed by atoms with Gasteiger partial charge in [-0.2, -0.15) is 10.4 Å². The Labute approximate surface area is 188 Å². The number of aromatic nitrogens is 4. The number of rotatable bonds is 6. The number of nitriles is 1. The van der Waals surface area contributed by atoms with Gasteiger partial charge in [-0.05, 0) is 31.0 Å². The second-order valence-electron chi connectivity index (χ2n) is 7.52. The van der Waals surface area contributed by atoms with Gasteiger partial charge in [0.05, 0.1) is 54.2 Å². The summed E-state index contributed by atoms with van der Waals surface area (Å²) >= 11 is 0. The van der Waals surface area contributed by atoms with Crippen molar-refractivity contribution in [2.75, 3.05) is 23.8 Å². The summed E-state index contributed by atoms with van der Waals surface area (Å²) in [6.07, 6.45) is 5.99. The number of anilines is 3. The second-order valence-corrected chi connectivity index (χ2v) is 7.52. The maximum Gasteiger partial charge on any atom is 0.405 e. The van der Waals surface area contributed by atoms with Crippen molar-refractivity contribution in [3.63, 3.8) is 0 Å². The Balaban J connectivity index is 1.60. The molecule has 3 aromatic heterocycles. The van der Waals surface area contributed by atoms with Crippen molar-refractivity contribution in [2.45, 2.75) is 25.4 Å². The third-order valence-corrected chi connectivity index (χ3v) is 5.05. The monoisotopic (exact) mass is 452 g/mol. The van der Waals surface area contributed by atoms with Crippen LogP contribution in [0.1, 0.15) is 17.5 Å². The number of ether oxygens (including phenoxy) is 1. The zero-order valence-electron chi connectivity index (χ0n) is 17.6. The topological polar surface area (TPSA) is 150 Å². The molecule has 1 fully saturated rings. The maximum atomic E-state index is 14.7. The zero-order chi connectivity index (χ0) is 23.4. The largest absolute Gasteiger partial charge is 0.465 e. The van der Waals surface area contributed by atoms with E-state index in [4.69, 9.17) is 9.84 Å². The van der Waals surface area contributed by atoms with Gasteiger partial charge < -0.3 is 25.8 Å². The van der Waals surface area contributed by atoms with E-state index in [9.17, 15) is 14.4 Å². The Morgan fingerprint density at radius 1 is 1.30 bits per heavy atom. The molecule has 12 heteroatoms. The first kappa shape index (κ1) is 22.0. The highest BCUT2D eigenvalue weighted by atomic mass is 19.1. The number of nitrogens with zero attached hydrogens (tertiary/aromatic N) is 5. The molecule has 0 spiro atoms. The number of amides is 1. The van der Waals surface area contributed by atoms with Crippen LogP contribution in [0.4, 0.5) is 26.5 Å². The van der Waals surface area contributed by atoms with E-state index in [1.54, 1.807) is 29.3 Å². The first-order valence-corrected chi connectivity index (χ1v) is 10.1. The molecule has 0 aliphatic carbocycles. The summed E-state index contributed by atoms with van der Waals surface area (Å²) in [6.45, 7) is 2.46. The molecule has 33 heavy (non-hydrogen) atoms. The van der Waals surface area contributed by atoms with Crippen molar-refractivity contribution in [3.05, 3.63) is 53.9 Å². The first-order valence-electron chi connectivity index (χ1n) is 10.1. The lowest BCUT2D eigenvalue weighted by Crippen LogP contribution is -2.52. The summed E-state index contributed by atoms with van der Waals surface area (Å²) in [5.74, 6) is -0.698. The number of nitrogens with one attached hydrogen (secondary N) is 3. The Bertz CT molecular complexity index is 1210. The Morgan fingerprint density at radius 2 is 2.15 bits per heavy atom. The summed E-state index contributed by atoms with van der Waals surface area (Å²) in [5, 5.41) is 31.1. The smallest absolute Gasteiger partial charge is 0.405 e. The van der Waals surface area contributed by atoms with Gasteiger partial charge in [0.15, 0.2) is 17.5 Å². The lowest BCUT2D eigenvalue weighted by Gasteiger charge is -2.32. The highest BCUT2D eigenvalue weighted by Gasteiger charge is 2.28. The molecule has 0 bridgehead atoms. The van der Waals surface area contributed by atoms with Gasteiger partial charge in [0.1, 0.15) is 6.07 Å². The molecule has 1 aliphatic rings. The fraction of sp³-hybridized carbons (Fsp3) is 0.286.